The van der Waals surface area contributed by atoms with Crippen LogP contribution in [0.5, 0.6) is 0 Å². The van der Waals surface area contributed by atoms with Crippen molar-refractivity contribution in [3.05, 3.63) is 34.3 Å². The molecule has 1 aromatic carbocycles. The third kappa shape index (κ3) is 5.50. The first kappa shape index (κ1) is 17.0. The highest BCUT2D eigenvalue weighted by Gasteiger charge is 2.29. The van der Waals surface area contributed by atoms with Crippen molar-refractivity contribution >= 4 is 21.8 Å². The second-order valence-corrected chi connectivity index (χ2v) is 5.32. The van der Waals surface area contributed by atoms with Gasteiger partial charge in [-0.3, -0.25) is 10.1 Å². The van der Waals surface area contributed by atoms with Crippen LogP contribution in [0.3, 0.4) is 0 Å². The predicted molar refractivity (Wildman–Crippen MR) is 74.2 cm³/mol. The number of carbonyl (C=O) groups is 1. The molecule has 2 N–H and O–H groups in total. The average Bonchev–Trinajstić information content (AvgIpc) is 2.35. The number of alkyl halides is 3. The zero-order valence-electron chi connectivity index (χ0n) is 11.1. The number of rotatable bonds is 5. The standard InChI is InChI=1S/C13H16BrF3N2O/c1-8(10-5-3-4-6-11(10)14)19-9(2)12(20)18-7-13(15,16)17/h3-6,8-9,19H,7H2,1-2H3,(H,18,20)/t8-,9?/m1/s1. The summed E-state index contributed by atoms with van der Waals surface area (Å²) < 4.78 is 36.9. The molecule has 0 aliphatic carbocycles. The Kier molecular flexibility index (Phi) is 6.01. The number of carbonyl (C=O) groups excluding carboxylic acids is 1. The van der Waals surface area contributed by atoms with Gasteiger partial charge in [0.2, 0.25) is 5.91 Å². The molecule has 1 unspecified atom stereocenters. The van der Waals surface area contributed by atoms with E-state index in [9.17, 15) is 18.0 Å². The maximum Gasteiger partial charge on any atom is 0.405 e. The Morgan fingerprint density at radius 1 is 1.30 bits per heavy atom. The quantitative estimate of drug-likeness (QED) is 0.854. The fourth-order valence-corrected chi connectivity index (χ4v) is 2.34. The Hall–Kier alpha value is -1.08. The van der Waals surface area contributed by atoms with Crippen molar-refractivity contribution in [2.45, 2.75) is 32.1 Å². The van der Waals surface area contributed by atoms with Crippen LogP contribution in [0.1, 0.15) is 25.5 Å². The van der Waals surface area contributed by atoms with E-state index in [4.69, 9.17) is 0 Å². The second kappa shape index (κ2) is 7.08. The first-order valence-electron chi connectivity index (χ1n) is 6.05. The van der Waals surface area contributed by atoms with Crippen LogP contribution in [0.15, 0.2) is 28.7 Å². The molecule has 2 atom stereocenters. The van der Waals surface area contributed by atoms with Gasteiger partial charge in [-0.1, -0.05) is 34.1 Å². The highest BCUT2D eigenvalue weighted by molar-refractivity contribution is 9.10. The lowest BCUT2D eigenvalue weighted by Gasteiger charge is -2.21. The molecule has 0 heterocycles. The summed E-state index contributed by atoms with van der Waals surface area (Å²) in [4.78, 5) is 11.6. The fraction of sp³-hybridized carbons (Fsp3) is 0.462. The zero-order chi connectivity index (χ0) is 15.3. The number of amides is 1. The number of hydrogen-bond acceptors (Lipinski definition) is 2. The van der Waals surface area contributed by atoms with E-state index >= 15 is 0 Å². The molecule has 0 aliphatic heterocycles. The summed E-state index contributed by atoms with van der Waals surface area (Å²) in [5.41, 5.74) is 0.933. The average molecular weight is 353 g/mol. The molecule has 1 aromatic rings. The first-order valence-corrected chi connectivity index (χ1v) is 6.85. The van der Waals surface area contributed by atoms with E-state index in [1.54, 1.807) is 0 Å². The van der Waals surface area contributed by atoms with Gasteiger partial charge >= 0.3 is 6.18 Å². The first-order chi connectivity index (χ1) is 9.20. The number of benzene rings is 1. The van der Waals surface area contributed by atoms with Crippen LogP contribution >= 0.6 is 15.9 Å². The van der Waals surface area contributed by atoms with Gasteiger partial charge in [0.25, 0.3) is 0 Å². The normalized spacial score (nSPS) is 14.7. The highest BCUT2D eigenvalue weighted by atomic mass is 79.9. The second-order valence-electron chi connectivity index (χ2n) is 4.46. The summed E-state index contributed by atoms with van der Waals surface area (Å²) in [6, 6.07) is 6.56. The predicted octanol–water partition coefficient (Wildman–Crippen LogP) is 3.17. The monoisotopic (exact) mass is 352 g/mol. The van der Waals surface area contributed by atoms with Crippen LogP contribution in [0.2, 0.25) is 0 Å². The fourth-order valence-electron chi connectivity index (χ4n) is 1.71. The molecule has 0 spiro atoms. The van der Waals surface area contributed by atoms with Gasteiger partial charge in [0, 0.05) is 10.5 Å². The Morgan fingerprint density at radius 2 is 1.90 bits per heavy atom. The summed E-state index contributed by atoms with van der Waals surface area (Å²) in [6.45, 7) is 2.05. The van der Waals surface area contributed by atoms with Crippen LogP contribution in [0.25, 0.3) is 0 Å². The van der Waals surface area contributed by atoms with Crippen molar-refractivity contribution in [2.75, 3.05) is 6.54 Å². The van der Waals surface area contributed by atoms with Gasteiger partial charge in [-0.25, -0.2) is 0 Å². The van der Waals surface area contributed by atoms with Gasteiger partial charge in [0.05, 0.1) is 6.04 Å². The van der Waals surface area contributed by atoms with Crippen LogP contribution < -0.4 is 10.6 Å². The molecule has 0 fully saturated rings. The van der Waals surface area contributed by atoms with Crippen LogP contribution in [-0.2, 0) is 4.79 Å². The molecule has 7 heteroatoms. The van der Waals surface area contributed by atoms with Crippen molar-refractivity contribution in [3.63, 3.8) is 0 Å². The van der Waals surface area contributed by atoms with E-state index in [1.807, 2.05) is 36.5 Å². The van der Waals surface area contributed by atoms with Crippen molar-refractivity contribution in [3.8, 4) is 0 Å². The third-order valence-electron chi connectivity index (χ3n) is 2.73. The van der Waals surface area contributed by atoms with Crippen molar-refractivity contribution in [1.29, 1.82) is 0 Å². The van der Waals surface area contributed by atoms with E-state index in [2.05, 4.69) is 21.2 Å². The maximum absolute atomic E-state index is 12.0. The number of nitrogens with one attached hydrogen (secondary N) is 2. The van der Waals surface area contributed by atoms with Crippen molar-refractivity contribution < 1.29 is 18.0 Å². The van der Waals surface area contributed by atoms with Crippen molar-refractivity contribution in [1.82, 2.24) is 10.6 Å². The lowest BCUT2D eigenvalue weighted by molar-refractivity contribution is -0.139. The van der Waals surface area contributed by atoms with Crippen LogP contribution in [0, 0.1) is 0 Å². The zero-order valence-corrected chi connectivity index (χ0v) is 12.7. The van der Waals surface area contributed by atoms with Gasteiger partial charge in [0.15, 0.2) is 0 Å². The minimum absolute atomic E-state index is 0.169. The molecule has 112 valence electrons. The topological polar surface area (TPSA) is 41.1 Å². The maximum atomic E-state index is 12.0. The van der Waals surface area contributed by atoms with Gasteiger partial charge in [-0.05, 0) is 25.5 Å². The molecule has 0 saturated carbocycles. The lowest BCUT2D eigenvalue weighted by Crippen LogP contribution is -2.45. The molecule has 0 aromatic heterocycles. The van der Waals surface area contributed by atoms with Crippen molar-refractivity contribution in [2.24, 2.45) is 0 Å². The van der Waals surface area contributed by atoms with E-state index in [0.717, 1.165) is 10.0 Å². The van der Waals surface area contributed by atoms with Crippen LogP contribution in [-0.4, -0.2) is 24.7 Å². The van der Waals surface area contributed by atoms with Crippen LogP contribution in [0.4, 0.5) is 13.2 Å². The molecular weight excluding hydrogens is 337 g/mol. The molecule has 20 heavy (non-hydrogen) atoms. The summed E-state index contributed by atoms with van der Waals surface area (Å²) >= 11 is 3.39. The Balaban J connectivity index is 2.55. The SMILES string of the molecule is CC(N[C@H](C)c1ccccc1Br)C(=O)NCC(F)(F)F. The smallest absolute Gasteiger partial charge is 0.346 e. The molecule has 1 amide bonds. The molecule has 1 rings (SSSR count). The van der Waals surface area contributed by atoms with Gasteiger partial charge in [-0.15, -0.1) is 0 Å². The Labute approximate surface area is 124 Å². The molecule has 0 aliphatic rings. The lowest BCUT2D eigenvalue weighted by atomic mass is 10.1. The summed E-state index contributed by atoms with van der Waals surface area (Å²) in [5, 5.41) is 4.82. The molecule has 0 bridgehead atoms. The van der Waals surface area contributed by atoms with Gasteiger partial charge in [-0.2, -0.15) is 13.2 Å². The van der Waals surface area contributed by atoms with E-state index in [0.29, 0.717) is 0 Å². The Bertz CT molecular complexity index is 465. The van der Waals surface area contributed by atoms with Gasteiger partial charge < -0.3 is 5.32 Å². The molecule has 3 nitrogen and oxygen atoms in total. The largest absolute Gasteiger partial charge is 0.405 e. The van der Waals surface area contributed by atoms with E-state index < -0.39 is 24.7 Å². The minimum Gasteiger partial charge on any atom is -0.346 e. The Morgan fingerprint density at radius 3 is 2.45 bits per heavy atom. The van der Waals surface area contributed by atoms with E-state index in [-0.39, 0.29) is 6.04 Å². The third-order valence-corrected chi connectivity index (χ3v) is 3.45. The summed E-state index contributed by atoms with van der Waals surface area (Å²) in [6.07, 6.45) is -4.40. The molecular formula is C13H16BrF3N2O. The molecule has 0 saturated heterocycles. The summed E-state index contributed by atoms with van der Waals surface area (Å²) in [7, 11) is 0. The highest BCUT2D eigenvalue weighted by Crippen LogP contribution is 2.23. The summed E-state index contributed by atoms with van der Waals surface area (Å²) in [5.74, 6) is -0.679. The number of halogens is 4. The minimum atomic E-state index is -4.40. The van der Waals surface area contributed by atoms with E-state index in [1.165, 1.54) is 6.92 Å². The number of hydrogen-bond donors (Lipinski definition) is 2. The van der Waals surface area contributed by atoms with Gasteiger partial charge in [0.1, 0.15) is 6.54 Å². The molecule has 0 radical (unpaired) electrons.